The van der Waals surface area contributed by atoms with Crippen molar-refractivity contribution in [2.75, 3.05) is 6.61 Å². The third-order valence-corrected chi connectivity index (χ3v) is 4.75. The molecule has 0 bridgehead atoms. The number of ether oxygens (including phenoxy) is 6. The molecule has 3 aliphatic heterocycles. The summed E-state index contributed by atoms with van der Waals surface area (Å²) >= 11 is 0. The quantitative estimate of drug-likeness (QED) is 0.836. The van der Waals surface area contributed by atoms with E-state index in [9.17, 15) is 0 Å². The summed E-state index contributed by atoms with van der Waals surface area (Å²) in [5.74, 6) is -0.557. The maximum atomic E-state index is 6.14. The van der Waals surface area contributed by atoms with E-state index in [4.69, 9.17) is 28.4 Å². The van der Waals surface area contributed by atoms with Crippen molar-refractivity contribution in [3.05, 3.63) is 29.8 Å². The summed E-state index contributed by atoms with van der Waals surface area (Å²) in [4.78, 5) is 0. The van der Waals surface area contributed by atoms with Crippen molar-refractivity contribution in [1.82, 2.24) is 0 Å². The maximum absolute atomic E-state index is 6.14. The lowest BCUT2D eigenvalue weighted by atomic mass is 9.99. The molecule has 0 saturated carbocycles. The van der Waals surface area contributed by atoms with Crippen LogP contribution in [-0.2, 0) is 23.7 Å². The Kier molecular flexibility index (Phi) is 4.09. The lowest BCUT2D eigenvalue weighted by Crippen LogP contribution is -2.56. The Balaban J connectivity index is 1.53. The molecule has 5 atom stereocenters. The molecular weight excluding hydrogens is 324 g/mol. The first-order valence-corrected chi connectivity index (χ1v) is 8.79. The minimum absolute atomic E-state index is 0.249. The molecule has 3 saturated heterocycles. The van der Waals surface area contributed by atoms with Gasteiger partial charge >= 0.3 is 0 Å². The molecule has 3 aliphatic rings. The Morgan fingerprint density at radius 2 is 1.52 bits per heavy atom. The Bertz CT molecular complexity index is 643. The second kappa shape index (κ2) is 5.93. The van der Waals surface area contributed by atoms with E-state index in [0.717, 1.165) is 11.3 Å². The molecule has 6 heteroatoms. The summed E-state index contributed by atoms with van der Waals surface area (Å²) in [6.07, 6.45) is -1.61. The van der Waals surface area contributed by atoms with Gasteiger partial charge in [0.15, 0.2) is 17.9 Å². The molecule has 0 amide bonds. The zero-order chi connectivity index (χ0) is 17.8. The molecule has 6 nitrogen and oxygen atoms in total. The van der Waals surface area contributed by atoms with E-state index in [0.29, 0.717) is 6.61 Å². The number of hydrogen-bond donors (Lipinski definition) is 0. The maximum Gasteiger partial charge on any atom is 0.190 e. The number of benzene rings is 1. The molecule has 0 spiro atoms. The lowest BCUT2D eigenvalue weighted by Gasteiger charge is -2.37. The van der Waals surface area contributed by atoms with Gasteiger partial charge in [-0.2, -0.15) is 0 Å². The highest BCUT2D eigenvalue weighted by Crippen LogP contribution is 2.44. The van der Waals surface area contributed by atoms with Gasteiger partial charge in [0.1, 0.15) is 36.8 Å². The fraction of sp³-hybridized carbons (Fsp3) is 0.684. The molecule has 25 heavy (non-hydrogen) atoms. The van der Waals surface area contributed by atoms with Crippen LogP contribution in [0.1, 0.15) is 33.3 Å². The van der Waals surface area contributed by atoms with Gasteiger partial charge in [-0.15, -0.1) is 0 Å². The molecule has 0 N–H and O–H groups in total. The highest BCUT2D eigenvalue weighted by Gasteiger charge is 2.60. The van der Waals surface area contributed by atoms with E-state index >= 15 is 0 Å². The van der Waals surface area contributed by atoms with Crippen LogP contribution >= 0.6 is 0 Å². The van der Waals surface area contributed by atoms with Crippen LogP contribution in [0, 0.1) is 6.92 Å². The van der Waals surface area contributed by atoms with Crippen molar-refractivity contribution in [3.63, 3.8) is 0 Å². The first-order valence-electron chi connectivity index (χ1n) is 8.79. The average Bonchev–Trinajstić information content (AvgIpc) is 3.00. The first-order chi connectivity index (χ1) is 11.7. The second-order valence-electron chi connectivity index (χ2n) is 7.78. The van der Waals surface area contributed by atoms with Crippen molar-refractivity contribution in [1.29, 1.82) is 0 Å². The fourth-order valence-electron chi connectivity index (χ4n) is 3.72. The van der Waals surface area contributed by atoms with Gasteiger partial charge in [0.2, 0.25) is 0 Å². The van der Waals surface area contributed by atoms with Crippen LogP contribution in [0.2, 0.25) is 0 Å². The van der Waals surface area contributed by atoms with Crippen LogP contribution < -0.4 is 4.74 Å². The molecule has 0 unspecified atom stereocenters. The Labute approximate surface area is 148 Å². The summed E-state index contributed by atoms with van der Waals surface area (Å²) in [7, 11) is 0. The minimum Gasteiger partial charge on any atom is -0.491 e. The SMILES string of the molecule is Cc1ccccc1OC[C@H]1O[C@@H]2OC(C)(C)O[C@@H]2[C@@H]2OC(C)(C)O[C@H]21. The Hall–Kier alpha value is -1.18. The van der Waals surface area contributed by atoms with E-state index in [-0.39, 0.29) is 24.4 Å². The molecule has 4 rings (SSSR count). The van der Waals surface area contributed by atoms with Crippen LogP contribution in [0.15, 0.2) is 24.3 Å². The topological polar surface area (TPSA) is 55.4 Å². The van der Waals surface area contributed by atoms with Crippen molar-refractivity contribution in [2.24, 2.45) is 0 Å². The van der Waals surface area contributed by atoms with Gasteiger partial charge in [-0.05, 0) is 46.2 Å². The van der Waals surface area contributed by atoms with E-state index in [2.05, 4.69) is 0 Å². The van der Waals surface area contributed by atoms with Gasteiger partial charge in [0.25, 0.3) is 0 Å². The number of para-hydroxylation sites is 1. The number of fused-ring (bicyclic) bond motifs is 3. The third-order valence-electron chi connectivity index (χ3n) is 4.75. The smallest absolute Gasteiger partial charge is 0.190 e. The predicted molar refractivity (Wildman–Crippen MR) is 89.2 cm³/mol. The summed E-state index contributed by atoms with van der Waals surface area (Å²) in [5.41, 5.74) is 1.08. The van der Waals surface area contributed by atoms with Gasteiger partial charge in [-0.1, -0.05) is 18.2 Å². The molecule has 3 fully saturated rings. The molecule has 3 heterocycles. The number of rotatable bonds is 3. The van der Waals surface area contributed by atoms with Crippen LogP contribution in [-0.4, -0.2) is 48.9 Å². The average molecular weight is 350 g/mol. The van der Waals surface area contributed by atoms with Crippen molar-refractivity contribution >= 4 is 0 Å². The highest BCUT2D eigenvalue weighted by molar-refractivity contribution is 5.31. The Morgan fingerprint density at radius 1 is 0.880 bits per heavy atom. The van der Waals surface area contributed by atoms with Crippen molar-refractivity contribution < 1.29 is 28.4 Å². The van der Waals surface area contributed by atoms with Crippen molar-refractivity contribution in [3.8, 4) is 5.75 Å². The first kappa shape index (κ1) is 17.2. The molecule has 0 aliphatic carbocycles. The largest absolute Gasteiger partial charge is 0.491 e. The summed E-state index contributed by atoms with van der Waals surface area (Å²) in [5, 5.41) is 0. The van der Waals surface area contributed by atoms with Crippen LogP contribution in [0.3, 0.4) is 0 Å². The van der Waals surface area contributed by atoms with E-state index in [1.807, 2.05) is 58.9 Å². The normalized spacial score (nSPS) is 38.2. The van der Waals surface area contributed by atoms with Crippen LogP contribution in [0.4, 0.5) is 0 Å². The lowest BCUT2D eigenvalue weighted by molar-refractivity contribution is -0.238. The van der Waals surface area contributed by atoms with E-state index in [1.165, 1.54) is 0 Å². The Morgan fingerprint density at radius 3 is 2.28 bits per heavy atom. The molecular formula is C19H26O6. The zero-order valence-electron chi connectivity index (χ0n) is 15.4. The molecule has 0 radical (unpaired) electrons. The zero-order valence-corrected chi connectivity index (χ0v) is 15.4. The predicted octanol–water partition coefficient (Wildman–Crippen LogP) is 2.77. The van der Waals surface area contributed by atoms with Crippen molar-refractivity contribution in [2.45, 2.75) is 76.9 Å². The highest BCUT2D eigenvalue weighted by atomic mass is 16.9. The molecule has 1 aromatic rings. The monoisotopic (exact) mass is 350 g/mol. The number of aryl methyl sites for hydroxylation is 1. The summed E-state index contributed by atoms with van der Waals surface area (Å²) in [6, 6.07) is 7.91. The van der Waals surface area contributed by atoms with Gasteiger partial charge in [0.05, 0.1) is 0 Å². The van der Waals surface area contributed by atoms with Gasteiger partial charge in [-0.25, -0.2) is 0 Å². The minimum atomic E-state index is -0.707. The van der Waals surface area contributed by atoms with Crippen LogP contribution in [0.25, 0.3) is 0 Å². The summed E-state index contributed by atoms with van der Waals surface area (Å²) < 4.78 is 36.2. The summed E-state index contributed by atoms with van der Waals surface area (Å²) in [6.45, 7) is 9.94. The van der Waals surface area contributed by atoms with E-state index in [1.54, 1.807) is 0 Å². The molecule has 1 aromatic carbocycles. The van der Waals surface area contributed by atoms with E-state index < -0.39 is 17.9 Å². The van der Waals surface area contributed by atoms with Gasteiger partial charge < -0.3 is 28.4 Å². The van der Waals surface area contributed by atoms with Gasteiger partial charge in [0, 0.05) is 0 Å². The van der Waals surface area contributed by atoms with Gasteiger partial charge in [-0.3, -0.25) is 0 Å². The molecule has 0 aromatic heterocycles. The third kappa shape index (κ3) is 3.29. The fourth-order valence-corrected chi connectivity index (χ4v) is 3.72. The number of hydrogen-bond acceptors (Lipinski definition) is 6. The molecule has 138 valence electrons. The standard InChI is InChI=1S/C19H26O6/c1-11-8-6-7-9-12(11)20-10-13-14-15(23-18(2,3)22-14)16-17(21-13)25-19(4,5)24-16/h6-9,13-17H,10H2,1-5H3/t13-,14+,15-,16-,17-/m1/s1. The second-order valence-corrected chi connectivity index (χ2v) is 7.78. The van der Waals surface area contributed by atoms with Crippen LogP contribution in [0.5, 0.6) is 5.75 Å².